The van der Waals surface area contributed by atoms with Crippen LogP contribution in [0.4, 0.5) is 4.79 Å². The molecule has 2 aliphatic rings. The van der Waals surface area contributed by atoms with Crippen LogP contribution < -0.4 is 10.6 Å². The summed E-state index contributed by atoms with van der Waals surface area (Å²) in [7, 11) is 0. The van der Waals surface area contributed by atoms with Crippen LogP contribution in [0.15, 0.2) is 48.5 Å². The van der Waals surface area contributed by atoms with Gasteiger partial charge in [-0.1, -0.05) is 73.7 Å². The van der Waals surface area contributed by atoms with Gasteiger partial charge in [-0.2, -0.15) is 0 Å². The molecule has 7 nitrogen and oxygen atoms in total. The summed E-state index contributed by atoms with van der Waals surface area (Å²) in [6.45, 7) is 0.0703. The minimum Gasteiger partial charge on any atom is -0.472 e. The molecule has 1 fully saturated rings. The van der Waals surface area contributed by atoms with Gasteiger partial charge in [0.15, 0.2) is 0 Å². The number of carbonyl (C=O) groups excluding carboxylic acids is 2. The lowest BCUT2D eigenvalue weighted by molar-refractivity contribution is -0.130. The third-order valence-corrected chi connectivity index (χ3v) is 6.36. The van der Waals surface area contributed by atoms with E-state index in [1.165, 1.54) is 0 Å². The minimum atomic E-state index is -1.26. The molecule has 4 rings (SSSR count). The SMILES string of the molecule is O=C(O)C#CCNC(=O)C1(NC(=O)OCC2c3ccccc3-c3ccccc32)CCCCC1. The molecule has 0 spiro atoms. The van der Waals surface area contributed by atoms with Gasteiger partial charge in [0.05, 0.1) is 6.54 Å². The molecule has 3 N–H and O–H groups in total. The van der Waals surface area contributed by atoms with E-state index >= 15 is 0 Å². The van der Waals surface area contributed by atoms with Crippen molar-refractivity contribution in [3.05, 3.63) is 59.7 Å². The summed E-state index contributed by atoms with van der Waals surface area (Å²) in [6, 6.07) is 16.2. The highest BCUT2D eigenvalue weighted by molar-refractivity contribution is 5.91. The standard InChI is InChI=1S/C26H26N2O5/c29-23(30)13-8-16-27-24(31)26(14-6-1-7-15-26)28-25(32)33-17-22-20-11-4-2-9-18(20)19-10-3-5-12-21(19)22/h2-5,9-12,22H,1,6-7,14-17H2,(H,27,31)(H,28,32)(H,29,30). The van der Waals surface area contributed by atoms with Gasteiger partial charge in [-0.15, -0.1) is 0 Å². The molecular formula is C26H26N2O5. The molecule has 1 saturated carbocycles. The summed E-state index contributed by atoms with van der Waals surface area (Å²) in [5, 5.41) is 14.1. The Balaban J connectivity index is 1.43. The molecule has 0 radical (unpaired) electrons. The van der Waals surface area contributed by atoms with Crippen LogP contribution in [0.3, 0.4) is 0 Å². The lowest BCUT2D eigenvalue weighted by Crippen LogP contribution is -2.60. The number of hydrogen-bond acceptors (Lipinski definition) is 4. The van der Waals surface area contributed by atoms with Gasteiger partial charge in [-0.05, 0) is 35.1 Å². The van der Waals surface area contributed by atoms with Crippen molar-refractivity contribution in [1.29, 1.82) is 0 Å². The Morgan fingerprint density at radius 3 is 2.18 bits per heavy atom. The Hall–Kier alpha value is -3.79. The Labute approximate surface area is 192 Å². The molecule has 0 aliphatic heterocycles. The number of ether oxygens (including phenoxy) is 1. The van der Waals surface area contributed by atoms with Crippen molar-refractivity contribution in [2.75, 3.05) is 13.2 Å². The third kappa shape index (κ3) is 4.85. The molecule has 2 aromatic carbocycles. The molecule has 7 heteroatoms. The summed E-state index contributed by atoms with van der Waals surface area (Å²) < 4.78 is 5.64. The first-order chi connectivity index (χ1) is 16.0. The fourth-order valence-corrected chi connectivity index (χ4v) is 4.81. The largest absolute Gasteiger partial charge is 0.472 e. The van der Waals surface area contributed by atoms with E-state index in [1.807, 2.05) is 30.2 Å². The van der Waals surface area contributed by atoms with E-state index in [0.29, 0.717) is 12.8 Å². The van der Waals surface area contributed by atoms with E-state index in [0.717, 1.165) is 41.5 Å². The summed E-state index contributed by atoms with van der Waals surface area (Å²) >= 11 is 0. The number of carboxylic acids is 1. The monoisotopic (exact) mass is 446 g/mol. The second-order valence-corrected chi connectivity index (χ2v) is 8.38. The third-order valence-electron chi connectivity index (χ3n) is 6.36. The van der Waals surface area contributed by atoms with E-state index in [-0.39, 0.29) is 25.0 Å². The fourth-order valence-electron chi connectivity index (χ4n) is 4.81. The van der Waals surface area contributed by atoms with E-state index in [2.05, 4.69) is 40.8 Å². The first-order valence-corrected chi connectivity index (χ1v) is 11.1. The highest BCUT2D eigenvalue weighted by Crippen LogP contribution is 2.44. The lowest BCUT2D eigenvalue weighted by atomic mass is 9.81. The molecule has 0 bridgehead atoms. The number of fused-ring (bicyclic) bond motifs is 3. The molecule has 2 aromatic rings. The number of nitrogens with one attached hydrogen (secondary N) is 2. The topological polar surface area (TPSA) is 105 Å². The second-order valence-electron chi connectivity index (χ2n) is 8.38. The average molecular weight is 447 g/mol. The van der Waals surface area contributed by atoms with Gasteiger partial charge in [0.25, 0.3) is 0 Å². The highest BCUT2D eigenvalue weighted by Gasteiger charge is 2.41. The van der Waals surface area contributed by atoms with Gasteiger partial charge in [-0.3, -0.25) is 4.79 Å². The van der Waals surface area contributed by atoms with Crippen LogP contribution in [-0.4, -0.2) is 41.8 Å². The molecule has 0 unspecified atom stereocenters. The van der Waals surface area contributed by atoms with E-state index in [9.17, 15) is 14.4 Å². The number of hydrogen-bond donors (Lipinski definition) is 3. The molecular weight excluding hydrogens is 420 g/mol. The van der Waals surface area contributed by atoms with E-state index in [1.54, 1.807) is 0 Å². The van der Waals surface area contributed by atoms with Crippen LogP contribution in [0.25, 0.3) is 11.1 Å². The first kappa shape index (κ1) is 22.4. The van der Waals surface area contributed by atoms with Gasteiger partial charge in [0.2, 0.25) is 5.91 Å². The number of amides is 2. The summed E-state index contributed by atoms with van der Waals surface area (Å²) in [5.41, 5.74) is 3.45. The quantitative estimate of drug-likeness (QED) is 0.611. The van der Waals surface area contributed by atoms with Crippen molar-refractivity contribution in [3.8, 4) is 23.0 Å². The van der Waals surface area contributed by atoms with Gasteiger partial charge in [0, 0.05) is 11.8 Å². The highest BCUT2D eigenvalue weighted by atomic mass is 16.5. The number of benzene rings is 2. The zero-order chi connectivity index (χ0) is 23.3. The second kappa shape index (κ2) is 9.78. The van der Waals surface area contributed by atoms with Crippen molar-refractivity contribution >= 4 is 18.0 Å². The van der Waals surface area contributed by atoms with E-state index < -0.39 is 17.6 Å². The fraction of sp³-hybridized carbons (Fsp3) is 0.346. The predicted octanol–water partition coefficient (Wildman–Crippen LogP) is 3.43. The van der Waals surface area contributed by atoms with Crippen LogP contribution >= 0.6 is 0 Å². The van der Waals surface area contributed by atoms with Gasteiger partial charge < -0.3 is 20.5 Å². The van der Waals surface area contributed by atoms with Crippen LogP contribution in [0.2, 0.25) is 0 Å². The minimum absolute atomic E-state index is 0.0643. The number of aliphatic carboxylic acids is 1. The summed E-state index contributed by atoms with van der Waals surface area (Å²) in [6.07, 6.45) is 2.95. The molecule has 33 heavy (non-hydrogen) atoms. The van der Waals surface area contributed by atoms with Crippen molar-refractivity contribution in [2.24, 2.45) is 0 Å². The van der Waals surface area contributed by atoms with Crippen molar-refractivity contribution in [2.45, 2.75) is 43.6 Å². The molecule has 2 amide bonds. The molecule has 0 atom stereocenters. The smallest absolute Gasteiger partial charge is 0.408 e. The zero-order valence-corrected chi connectivity index (χ0v) is 18.2. The Morgan fingerprint density at radius 1 is 0.970 bits per heavy atom. The Kier molecular flexibility index (Phi) is 6.64. The maximum atomic E-state index is 12.9. The Bertz CT molecular complexity index is 1080. The molecule has 170 valence electrons. The van der Waals surface area contributed by atoms with Gasteiger partial charge in [0.1, 0.15) is 12.1 Å². The van der Waals surface area contributed by atoms with Crippen molar-refractivity contribution in [3.63, 3.8) is 0 Å². The summed E-state index contributed by atoms with van der Waals surface area (Å²) in [4.78, 5) is 36.2. The Morgan fingerprint density at radius 2 is 1.58 bits per heavy atom. The normalized spacial score (nSPS) is 15.9. The molecule has 2 aliphatic carbocycles. The molecule has 0 saturated heterocycles. The van der Waals surface area contributed by atoms with Crippen LogP contribution in [0.5, 0.6) is 0 Å². The van der Waals surface area contributed by atoms with Crippen molar-refractivity contribution in [1.82, 2.24) is 10.6 Å². The van der Waals surface area contributed by atoms with Crippen LogP contribution in [0.1, 0.15) is 49.1 Å². The predicted molar refractivity (Wildman–Crippen MR) is 122 cm³/mol. The van der Waals surface area contributed by atoms with Gasteiger partial charge >= 0.3 is 12.1 Å². The molecule has 0 heterocycles. The van der Waals surface area contributed by atoms with Gasteiger partial charge in [-0.25, -0.2) is 9.59 Å². The maximum absolute atomic E-state index is 12.9. The lowest BCUT2D eigenvalue weighted by Gasteiger charge is -2.36. The zero-order valence-electron chi connectivity index (χ0n) is 18.2. The maximum Gasteiger partial charge on any atom is 0.408 e. The van der Waals surface area contributed by atoms with Crippen molar-refractivity contribution < 1.29 is 24.2 Å². The number of rotatable bonds is 5. The van der Waals surface area contributed by atoms with E-state index in [4.69, 9.17) is 9.84 Å². The van der Waals surface area contributed by atoms with Crippen LogP contribution in [-0.2, 0) is 14.3 Å². The summed E-state index contributed by atoms with van der Waals surface area (Å²) in [5.74, 6) is 2.66. The molecule has 0 aromatic heterocycles. The number of carbonyl (C=O) groups is 3. The number of alkyl carbamates (subject to hydrolysis) is 1. The van der Waals surface area contributed by atoms with Crippen LogP contribution in [0, 0.1) is 11.8 Å². The first-order valence-electron chi connectivity index (χ1n) is 11.1. The average Bonchev–Trinajstić information content (AvgIpc) is 3.14. The number of carboxylic acid groups (broad SMARTS) is 1.